The van der Waals surface area contributed by atoms with Gasteiger partial charge in [-0.1, -0.05) is 41.4 Å². The molecule has 0 atom stereocenters. The lowest BCUT2D eigenvalue weighted by atomic mass is 10.1. The Morgan fingerprint density at radius 3 is 2.53 bits per heavy atom. The molecule has 0 saturated carbocycles. The first-order valence-corrected chi connectivity index (χ1v) is 9.63. The van der Waals surface area contributed by atoms with E-state index in [0.29, 0.717) is 26.7 Å². The van der Waals surface area contributed by atoms with Crippen molar-refractivity contribution < 1.29 is 14.3 Å². The Hall–Kier alpha value is -3.48. The Labute approximate surface area is 181 Å². The van der Waals surface area contributed by atoms with E-state index in [4.69, 9.17) is 27.6 Å². The Balaban J connectivity index is 1.77. The topological polar surface area (TPSA) is 86.9 Å². The van der Waals surface area contributed by atoms with Gasteiger partial charge in [-0.3, -0.25) is 10.2 Å². The van der Waals surface area contributed by atoms with Crippen LogP contribution in [0.5, 0.6) is 5.75 Å². The van der Waals surface area contributed by atoms with Gasteiger partial charge in [0.05, 0.1) is 16.4 Å². The molecule has 0 aliphatic rings. The molecule has 1 heterocycles. The van der Waals surface area contributed by atoms with E-state index in [2.05, 4.69) is 15.8 Å². The number of phenols is 1. The van der Waals surface area contributed by atoms with E-state index in [1.54, 1.807) is 24.3 Å². The maximum atomic E-state index is 13.0. The van der Waals surface area contributed by atoms with Crippen molar-refractivity contribution in [2.24, 2.45) is 5.10 Å². The quantitative estimate of drug-likeness (QED) is 0.359. The molecule has 0 spiro atoms. The summed E-state index contributed by atoms with van der Waals surface area (Å²) >= 11 is 12.1. The van der Waals surface area contributed by atoms with Crippen molar-refractivity contribution in [3.8, 4) is 5.75 Å². The van der Waals surface area contributed by atoms with Gasteiger partial charge in [-0.25, -0.2) is 0 Å². The number of benzene rings is 3. The van der Waals surface area contributed by atoms with Crippen LogP contribution in [-0.4, -0.2) is 11.0 Å². The average molecular weight is 440 g/mol. The Kier molecular flexibility index (Phi) is 5.61. The summed E-state index contributed by atoms with van der Waals surface area (Å²) in [6.07, 6.45) is 0. The Morgan fingerprint density at radius 2 is 1.77 bits per heavy atom. The molecule has 4 rings (SSSR count). The molecular weight excluding hydrogens is 425 g/mol. The number of aromatic hydroxyl groups is 1. The fourth-order valence-corrected chi connectivity index (χ4v) is 3.22. The van der Waals surface area contributed by atoms with Crippen LogP contribution in [0.15, 0.2) is 82.3 Å². The summed E-state index contributed by atoms with van der Waals surface area (Å²) in [5, 5.41) is 18.1. The van der Waals surface area contributed by atoms with Crippen molar-refractivity contribution in [2.45, 2.75) is 0 Å². The number of anilines is 2. The van der Waals surface area contributed by atoms with Crippen molar-refractivity contribution in [3.05, 3.63) is 94.0 Å². The number of carbonyl (C=O) groups is 1. The van der Waals surface area contributed by atoms with Crippen LogP contribution in [-0.2, 0) is 0 Å². The summed E-state index contributed by atoms with van der Waals surface area (Å²) in [5.74, 6) is -0.426. The second-order valence-corrected chi connectivity index (χ2v) is 7.20. The third-order valence-electron chi connectivity index (χ3n) is 4.22. The second-order valence-electron chi connectivity index (χ2n) is 6.36. The predicted octanol–water partition coefficient (Wildman–Crippen LogP) is 5.63. The number of hydrogen-bond acceptors (Lipinski definition) is 5. The van der Waals surface area contributed by atoms with Crippen molar-refractivity contribution in [1.82, 2.24) is 0 Å². The van der Waals surface area contributed by atoms with Crippen LogP contribution in [0.2, 0.25) is 10.0 Å². The van der Waals surface area contributed by atoms with Crippen molar-refractivity contribution >= 4 is 51.5 Å². The number of phenolic OH excluding ortho intramolecular Hbond substituents is 1. The molecule has 0 aliphatic carbocycles. The normalized spacial score (nSPS) is 11.5. The van der Waals surface area contributed by atoms with Crippen LogP contribution in [0.1, 0.15) is 10.4 Å². The van der Waals surface area contributed by atoms with E-state index in [0.717, 1.165) is 5.69 Å². The minimum atomic E-state index is -0.466. The van der Waals surface area contributed by atoms with Gasteiger partial charge < -0.3 is 14.8 Å². The summed E-state index contributed by atoms with van der Waals surface area (Å²) in [7, 11) is 0. The first kappa shape index (κ1) is 19.8. The summed E-state index contributed by atoms with van der Waals surface area (Å²) in [4.78, 5) is 13.0. The minimum absolute atomic E-state index is 0.0402. The number of para-hydroxylation sites is 1. The van der Waals surface area contributed by atoms with Gasteiger partial charge in [-0.15, -0.1) is 5.10 Å². The lowest BCUT2D eigenvalue weighted by molar-refractivity contribution is 0.102. The van der Waals surface area contributed by atoms with Gasteiger partial charge >= 0.3 is 0 Å². The number of rotatable bonds is 4. The highest BCUT2D eigenvalue weighted by Gasteiger charge is 2.15. The highest BCUT2D eigenvalue weighted by molar-refractivity contribution is 6.36. The maximum Gasteiger partial charge on any atom is 0.261 e. The zero-order valence-electron chi connectivity index (χ0n) is 15.4. The van der Waals surface area contributed by atoms with Crippen molar-refractivity contribution in [3.63, 3.8) is 0 Å². The van der Waals surface area contributed by atoms with Gasteiger partial charge in [0, 0.05) is 16.5 Å². The SMILES string of the molecule is O=C(Nc1ccc(Cl)cc1Cl)c1cc2ccc(O)cc2o/c1=N/Nc1ccccc1. The Morgan fingerprint density at radius 1 is 0.967 bits per heavy atom. The highest BCUT2D eigenvalue weighted by atomic mass is 35.5. The molecule has 150 valence electrons. The van der Waals surface area contributed by atoms with Gasteiger partial charge in [0.25, 0.3) is 5.91 Å². The molecule has 0 aliphatic heterocycles. The van der Waals surface area contributed by atoms with Gasteiger partial charge in [0.2, 0.25) is 5.55 Å². The third-order valence-corrected chi connectivity index (χ3v) is 4.77. The lowest BCUT2D eigenvalue weighted by Gasteiger charge is -2.09. The minimum Gasteiger partial charge on any atom is -0.508 e. The molecule has 0 fully saturated rings. The highest BCUT2D eigenvalue weighted by Crippen LogP contribution is 2.26. The molecule has 1 amide bonds. The molecule has 3 aromatic carbocycles. The molecule has 3 N–H and O–H groups in total. The average Bonchev–Trinajstić information content (AvgIpc) is 2.74. The Bertz CT molecular complexity index is 1300. The maximum absolute atomic E-state index is 13.0. The van der Waals surface area contributed by atoms with Crippen LogP contribution in [0.4, 0.5) is 11.4 Å². The summed E-state index contributed by atoms with van der Waals surface area (Å²) in [5.41, 5.74) is 4.59. The van der Waals surface area contributed by atoms with Crippen LogP contribution in [0, 0.1) is 0 Å². The first-order chi connectivity index (χ1) is 14.5. The van der Waals surface area contributed by atoms with E-state index in [9.17, 15) is 9.90 Å². The monoisotopic (exact) mass is 439 g/mol. The zero-order valence-corrected chi connectivity index (χ0v) is 16.9. The van der Waals surface area contributed by atoms with Crippen LogP contribution < -0.4 is 16.3 Å². The molecule has 0 unspecified atom stereocenters. The fraction of sp³-hybridized carbons (Fsp3) is 0. The van der Waals surface area contributed by atoms with Crippen LogP contribution in [0.25, 0.3) is 11.0 Å². The molecule has 30 heavy (non-hydrogen) atoms. The predicted molar refractivity (Wildman–Crippen MR) is 118 cm³/mol. The standard InChI is InChI=1S/C22H15Cl2N3O3/c23-14-7-9-19(18(24)11-14)25-21(29)17-10-13-6-8-16(28)12-20(13)30-22(17)27-26-15-4-2-1-3-5-15/h1-12,26,28H,(H,25,29)/b27-22+. The van der Waals surface area contributed by atoms with Crippen LogP contribution in [0.3, 0.4) is 0 Å². The molecule has 4 aromatic rings. The van der Waals surface area contributed by atoms with Crippen molar-refractivity contribution in [1.29, 1.82) is 0 Å². The number of nitrogens with one attached hydrogen (secondary N) is 2. The number of halogens is 2. The van der Waals surface area contributed by atoms with E-state index >= 15 is 0 Å². The van der Waals surface area contributed by atoms with Gasteiger partial charge in [-0.2, -0.15) is 0 Å². The number of nitrogens with zero attached hydrogens (tertiary/aromatic N) is 1. The number of carbonyl (C=O) groups excluding carboxylic acids is 1. The molecule has 0 bridgehead atoms. The first-order valence-electron chi connectivity index (χ1n) is 8.88. The van der Waals surface area contributed by atoms with E-state index in [1.165, 1.54) is 18.2 Å². The molecule has 8 heteroatoms. The molecular formula is C22H15Cl2N3O3. The molecule has 6 nitrogen and oxygen atoms in total. The lowest BCUT2D eigenvalue weighted by Crippen LogP contribution is -2.22. The second kappa shape index (κ2) is 8.49. The largest absolute Gasteiger partial charge is 0.508 e. The van der Waals surface area contributed by atoms with Gasteiger partial charge in [0.15, 0.2) is 0 Å². The fourth-order valence-electron chi connectivity index (χ4n) is 2.76. The van der Waals surface area contributed by atoms with E-state index in [-0.39, 0.29) is 16.9 Å². The van der Waals surface area contributed by atoms with E-state index < -0.39 is 5.91 Å². The van der Waals surface area contributed by atoms with Crippen molar-refractivity contribution in [2.75, 3.05) is 10.7 Å². The summed E-state index contributed by atoms with van der Waals surface area (Å²) < 4.78 is 5.80. The number of fused-ring (bicyclic) bond motifs is 1. The molecule has 0 radical (unpaired) electrons. The van der Waals surface area contributed by atoms with Gasteiger partial charge in [-0.05, 0) is 48.5 Å². The van der Waals surface area contributed by atoms with E-state index in [1.807, 2.05) is 30.3 Å². The third kappa shape index (κ3) is 4.40. The zero-order chi connectivity index (χ0) is 21.1. The number of hydrogen-bond donors (Lipinski definition) is 3. The molecule has 0 saturated heterocycles. The summed E-state index contributed by atoms with van der Waals surface area (Å²) in [6, 6.07) is 20.2. The molecule has 1 aromatic heterocycles. The van der Waals surface area contributed by atoms with Gasteiger partial charge in [0.1, 0.15) is 16.9 Å². The smallest absolute Gasteiger partial charge is 0.261 e. The van der Waals surface area contributed by atoms with Crippen LogP contribution >= 0.6 is 23.2 Å². The number of amides is 1. The summed E-state index contributed by atoms with van der Waals surface area (Å²) in [6.45, 7) is 0.